The smallest absolute Gasteiger partial charge is 0.207 e. The molecule has 0 bridgehead atoms. The Hall–Kier alpha value is -0.840. The van der Waals surface area contributed by atoms with E-state index >= 15 is 0 Å². The summed E-state index contributed by atoms with van der Waals surface area (Å²) in [6.07, 6.45) is 0. The van der Waals surface area contributed by atoms with Gasteiger partial charge in [0.1, 0.15) is 0 Å². The van der Waals surface area contributed by atoms with Gasteiger partial charge in [0.25, 0.3) is 9.05 Å². The van der Waals surface area contributed by atoms with Crippen LogP contribution in [0.5, 0.6) is 0 Å². The highest BCUT2D eigenvalue weighted by atomic mass is 79.9. The van der Waals surface area contributed by atoms with Crippen molar-refractivity contribution in [3.63, 3.8) is 0 Å². The van der Waals surface area contributed by atoms with E-state index in [0.717, 1.165) is 5.33 Å². The molecule has 0 saturated carbocycles. The molecule has 2 rings (SSSR count). The van der Waals surface area contributed by atoms with Crippen LogP contribution in [0.1, 0.15) is 11.1 Å². The lowest BCUT2D eigenvalue weighted by molar-refractivity contribution is 0.609. The number of halogens is 2. The molecule has 0 heterocycles. The molecule has 0 fully saturated rings. The highest BCUT2D eigenvalue weighted by molar-refractivity contribution is 9.08. The predicted octanol–water partition coefficient (Wildman–Crippen LogP) is 4.50. The number of rotatable bonds is 2. The van der Waals surface area contributed by atoms with Crippen LogP contribution in [0.15, 0.2) is 59.5 Å². The first-order valence-electron chi connectivity index (χ1n) is 5.54. The molecule has 19 heavy (non-hydrogen) atoms. The van der Waals surface area contributed by atoms with Crippen molar-refractivity contribution in [2.45, 2.75) is 17.1 Å². The minimum atomic E-state index is -3.53. The molecule has 5 heteroatoms. The second-order valence-corrected chi connectivity index (χ2v) is 7.00. The van der Waals surface area contributed by atoms with Gasteiger partial charge in [-0.05, 0) is 24.6 Å². The number of alkyl halides is 1. The highest BCUT2D eigenvalue weighted by Gasteiger charge is 2.06. The molecule has 0 unspecified atom stereocenters. The Balaban J connectivity index is 0.000000191. The van der Waals surface area contributed by atoms with Gasteiger partial charge in [-0.3, -0.25) is 0 Å². The van der Waals surface area contributed by atoms with Crippen molar-refractivity contribution < 1.29 is 8.42 Å². The lowest BCUT2D eigenvalue weighted by atomic mass is 10.2. The largest absolute Gasteiger partial charge is 0.261 e. The molecule has 0 saturated heterocycles. The zero-order chi connectivity index (χ0) is 14.3. The molecule has 0 aromatic heterocycles. The van der Waals surface area contributed by atoms with Crippen molar-refractivity contribution in [1.29, 1.82) is 0 Å². The maximum Gasteiger partial charge on any atom is 0.261 e. The third kappa shape index (κ3) is 6.23. The van der Waals surface area contributed by atoms with Crippen LogP contribution < -0.4 is 0 Å². The molecule has 0 aliphatic heterocycles. The fourth-order valence-electron chi connectivity index (χ4n) is 1.26. The average Bonchev–Trinajstić information content (AvgIpc) is 2.40. The summed E-state index contributed by atoms with van der Waals surface area (Å²) in [7, 11) is 1.50. The topological polar surface area (TPSA) is 34.1 Å². The van der Waals surface area contributed by atoms with Gasteiger partial charge >= 0.3 is 0 Å². The van der Waals surface area contributed by atoms with Crippen molar-refractivity contribution in [2.24, 2.45) is 0 Å². The van der Waals surface area contributed by atoms with Crippen LogP contribution in [-0.4, -0.2) is 8.42 Å². The first kappa shape index (κ1) is 16.2. The fourth-order valence-corrected chi connectivity index (χ4v) is 2.42. The Bertz CT molecular complexity index is 595. The van der Waals surface area contributed by atoms with E-state index in [2.05, 4.69) is 47.1 Å². The summed E-state index contributed by atoms with van der Waals surface area (Å²) in [5.41, 5.74) is 2.65. The van der Waals surface area contributed by atoms with Crippen molar-refractivity contribution in [3.8, 4) is 0 Å². The minimum absolute atomic E-state index is 0.136. The predicted molar refractivity (Wildman–Crippen MR) is 83.3 cm³/mol. The summed E-state index contributed by atoms with van der Waals surface area (Å²) in [6, 6.07) is 16.4. The molecule has 2 nitrogen and oxygen atoms in total. The molecule has 0 radical (unpaired) electrons. The average molecular weight is 362 g/mol. The summed E-state index contributed by atoms with van der Waals surface area (Å²) in [5.74, 6) is 0. The van der Waals surface area contributed by atoms with Crippen LogP contribution in [-0.2, 0) is 14.4 Å². The van der Waals surface area contributed by atoms with Crippen molar-refractivity contribution in [2.75, 3.05) is 0 Å². The van der Waals surface area contributed by atoms with Gasteiger partial charge in [-0.1, -0.05) is 64.0 Å². The normalized spacial score (nSPS) is 10.5. The summed E-state index contributed by atoms with van der Waals surface area (Å²) < 4.78 is 21.2. The van der Waals surface area contributed by atoms with Crippen molar-refractivity contribution in [1.82, 2.24) is 0 Å². The van der Waals surface area contributed by atoms with E-state index in [1.165, 1.54) is 23.3 Å². The number of hydrogen-bond donors (Lipinski definition) is 0. The molecule has 0 N–H and O–H groups in total. The van der Waals surface area contributed by atoms with Gasteiger partial charge in [0, 0.05) is 16.0 Å². The van der Waals surface area contributed by atoms with Gasteiger partial charge in [-0.15, -0.1) is 0 Å². The van der Waals surface area contributed by atoms with E-state index in [-0.39, 0.29) is 4.90 Å². The van der Waals surface area contributed by atoms with Gasteiger partial charge in [-0.25, -0.2) is 8.42 Å². The third-order valence-electron chi connectivity index (χ3n) is 2.30. The first-order chi connectivity index (χ1) is 8.93. The molecule has 0 amide bonds. The maximum absolute atomic E-state index is 10.6. The van der Waals surface area contributed by atoms with E-state index in [0.29, 0.717) is 0 Å². The fraction of sp³-hybridized carbons (Fsp3) is 0.143. The SMILES string of the molecule is Cc1ccc(CBr)cc1.O=S(=O)(Cl)c1ccccc1. The van der Waals surface area contributed by atoms with Crippen molar-refractivity contribution in [3.05, 3.63) is 65.7 Å². The third-order valence-corrected chi connectivity index (χ3v) is 4.32. The molecule has 2 aromatic rings. The van der Waals surface area contributed by atoms with E-state index < -0.39 is 9.05 Å². The van der Waals surface area contributed by atoms with Gasteiger partial charge in [-0.2, -0.15) is 0 Å². The van der Waals surface area contributed by atoms with E-state index in [1.807, 2.05) is 0 Å². The molecule has 0 aliphatic carbocycles. The molecule has 2 aromatic carbocycles. The van der Waals surface area contributed by atoms with Crippen molar-refractivity contribution >= 4 is 35.7 Å². The lowest BCUT2D eigenvalue weighted by Crippen LogP contribution is -1.87. The van der Waals surface area contributed by atoms with Crippen LogP contribution in [0.3, 0.4) is 0 Å². The number of aryl methyl sites for hydroxylation is 1. The van der Waals surface area contributed by atoms with Crippen LogP contribution in [0.4, 0.5) is 0 Å². The van der Waals surface area contributed by atoms with E-state index in [4.69, 9.17) is 10.7 Å². The standard InChI is InChI=1S/C8H9Br.C6H5ClO2S/c1-7-2-4-8(6-9)5-3-7;7-10(8,9)6-4-2-1-3-5-6/h2-5H,6H2,1H3;1-5H. The van der Waals surface area contributed by atoms with E-state index in [1.54, 1.807) is 18.2 Å². The number of hydrogen-bond acceptors (Lipinski definition) is 2. The second-order valence-electron chi connectivity index (χ2n) is 3.87. The molecule has 102 valence electrons. The van der Waals surface area contributed by atoms with E-state index in [9.17, 15) is 8.42 Å². The van der Waals surface area contributed by atoms with Crippen LogP contribution in [0.25, 0.3) is 0 Å². The Morgan fingerprint density at radius 1 is 1.00 bits per heavy atom. The van der Waals surface area contributed by atoms with Gasteiger partial charge in [0.05, 0.1) is 4.90 Å². The van der Waals surface area contributed by atoms with Crippen LogP contribution in [0.2, 0.25) is 0 Å². The number of benzene rings is 2. The zero-order valence-corrected chi connectivity index (χ0v) is 13.5. The monoisotopic (exact) mass is 360 g/mol. The summed E-state index contributed by atoms with van der Waals surface area (Å²) in [6.45, 7) is 2.10. The summed E-state index contributed by atoms with van der Waals surface area (Å²) in [4.78, 5) is 0.136. The molecular weight excluding hydrogens is 348 g/mol. The minimum Gasteiger partial charge on any atom is -0.207 e. The molecular formula is C14H14BrClO2S. The molecule has 0 atom stereocenters. The van der Waals surface area contributed by atoms with Gasteiger partial charge in [0.2, 0.25) is 0 Å². The van der Waals surface area contributed by atoms with Gasteiger partial charge < -0.3 is 0 Å². The second kappa shape index (κ2) is 7.68. The maximum atomic E-state index is 10.6. The molecule has 0 spiro atoms. The van der Waals surface area contributed by atoms with Crippen LogP contribution in [0, 0.1) is 6.92 Å². The molecule has 0 aliphatic rings. The lowest BCUT2D eigenvalue weighted by Gasteiger charge is -1.93. The first-order valence-corrected chi connectivity index (χ1v) is 8.98. The summed E-state index contributed by atoms with van der Waals surface area (Å²) in [5, 5.41) is 0.952. The Labute approximate surface area is 127 Å². The van der Waals surface area contributed by atoms with Gasteiger partial charge in [0.15, 0.2) is 0 Å². The Morgan fingerprint density at radius 3 is 1.89 bits per heavy atom. The highest BCUT2D eigenvalue weighted by Crippen LogP contribution is 2.12. The quantitative estimate of drug-likeness (QED) is 0.583. The Morgan fingerprint density at radius 2 is 1.53 bits per heavy atom. The Kier molecular flexibility index (Phi) is 6.55. The zero-order valence-electron chi connectivity index (χ0n) is 10.4. The summed E-state index contributed by atoms with van der Waals surface area (Å²) >= 11 is 3.38. The van der Waals surface area contributed by atoms with Crippen LogP contribution >= 0.6 is 26.6 Å².